The van der Waals surface area contributed by atoms with Gasteiger partial charge in [-0.15, -0.1) is 0 Å². The van der Waals surface area contributed by atoms with Crippen LogP contribution in [0.3, 0.4) is 0 Å². The highest BCUT2D eigenvalue weighted by Crippen LogP contribution is 2.21. The summed E-state index contributed by atoms with van der Waals surface area (Å²) in [5.74, 6) is 0.852. The Hall–Kier alpha value is -2.17. The van der Waals surface area contributed by atoms with Crippen LogP contribution in [0.1, 0.15) is 38.3 Å². The molecule has 0 fully saturated rings. The second kappa shape index (κ2) is 5.86. The van der Waals surface area contributed by atoms with E-state index in [1.165, 1.54) is 0 Å². The van der Waals surface area contributed by atoms with Crippen molar-refractivity contribution in [3.63, 3.8) is 0 Å². The van der Waals surface area contributed by atoms with Crippen LogP contribution in [0.5, 0.6) is 0 Å². The fraction of sp³-hybridized carbons (Fsp3) is 0.400. The number of aromatic nitrogens is 2. The van der Waals surface area contributed by atoms with Crippen molar-refractivity contribution in [2.75, 3.05) is 0 Å². The molecule has 1 atom stereocenters. The number of carbonyl (C=O) groups excluding carboxylic acids is 1. The molecule has 20 heavy (non-hydrogen) atoms. The van der Waals surface area contributed by atoms with Crippen molar-refractivity contribution < 1.29 is 9.32 Å². The topological polar surface area (TPSA) is 68.0 Å². The molecule has 1 aromatic heterocycles. The third-order valence-corrected chi connectivity index (χ3v) is 3.08. The van der Waals surface area contributed by atoms with Gasteiger partial charge in [-0.25, -0.2) is 0 Å². The molecule has 0 bridgehead atoms. The van der Waals surface area contributed by atoms with E-state index in [2.05, 4.69) is 15.5 Å². The standard InChI is InChI=1S/C15H19N3O2/c1-9(2)14(19)16-11(4)15-17-13(18-20-15)12-8-6-5-7-10(12)3/h5-9,11H,1-4H3,(H,16,19)/t11-/m0/s1. The molecule has 0 radical (unpaired) electrons. The molecule has 0 saturated carbocycles. The maximum Gasteiger partial charge on any atom is 0.249 e. The quantitative estimate of drug-likeness (QED) is 0.930. The molecular weight excluding hydrogens is 254 g/mol. The monoisotopic (exact) mass is 273 g/mol. The van der Waals surface area contributed by atoms with E-state index in [0.29, 0.717) is 11.7 Å². The zero-order chi connectivity index (χ0) is 14.7. The molecule has 0 aliphatic rings. The van der Waals surface area contributed by atoms with E-state index in [0.717, 1.165) is 11.1 Å². The molecule has 5 heteroatoms. The van der Waals surface area contributed by atoms with Gasteiger partial charge in [-0.05, 0) is 19.4 Å². The average molecular weight is 273 g/mol. The maximum absolute atomic E-state index is 11.7. The fourth-order valence-electron chi connectivity index (χ4n) is 1.79. The lowest BCUT2D eigenvalue weighted by atomic mass is 10.1. The SMILES string of the molecule is Cc1ccccc1-c1noc([C@H](C)NC(=O)C(C)C)n1. The molecule has 1 N–H and O–H groups in total. The summed E-state index contributed by atoms with van der Waals surface area (Å²) in [6, 6.07) is 7.54. The Morgan fingerprint density at radius 3 is 2.60 bits per heavy atom. The second-order valence-electron chi connectivity index (χ2n) is 5.16. The van der Waals surface area contributed by atoms with Crippen LogP contribution in [0, 0.1) is 12.8 Å². The van der Waals surface area contributed by atoms with E-state index in [1.54, 1.807) is 0 Å². The lowest BCUT2D eigenvalue weighted by Crippen LogP contribution is -2.30. The molecule has 106 valence electrons. The minimum atomic E-state index is -0.296. The summed E-state index contributed by atoms with van der Waals surface area (Å²) in [6.45, 7) is 7.51. The van der Waals surface area contributed by atoms with Crippen molar-refractivity contribution >= 4 is 5.91 Å². The van der Waals surface area contributed by atoms with Crippen molar-refractivity contribution in [2.45, 2.75) is 33.7 Å². The molecule has 2 rings (SSSR count). The number of hydrogen-bond donors (Lipinski definition) is 1. The largest absolute Gasteiger partial charge is 0.344 e. The van der Waals surface area contributed by atoms with Crippen LogP contribution in [0.25, 0.3) is 11.4 Å². The highest BCUT2D eigenvalue weighted by Gasteiger charge is 2.19. The predicted octanol–water partition coefficient (Wildman–Crippen LogP) is 2.88. The van der Waals surface area contributed by atoms with Gasteiger partial charge in [-0.1, -0.05) is 43.3 Å². The van der Waals surface area contributed by atoms with Crippen LogP contribution < -0.4 is 5.32 Å². The van der Waals surface area contributed by atoms with Crippen LogP contribution in [-0.2, 0) is 4.79 Å². The Balaban J connectivity index is 2.17. The van der Waals surface area contributed by atoms with Crippen molar-refractivity contribution in [1.29, 1.82) is 0 Å². The number of aryl methyl sites for hydroxylation is 1. The number of rotatable bonds is 4. The van der Waals surface area contributed by atoms with Crippen LogP contribution in [-0.4, -0.2) is 16.0 Å². The first-order chi connectivity index (χ1) is 9.49. The second-order valence-corrected chi connectivity index (χ2v) is 5.16. The lowest BCUT2D eigenvalue weighted by Gasteiger charge is -2.11. The van der Waals surface area contributed by atoms with Gasteiger partial charge in [0.25, 0.3) is 0 Å². The molecule has 1 aromatic carbocycles. The molecule has 2 aromatic rings. The van der Waals surface area contributed by atoms with Crippen molar-refractivity contribution in [3.05, 3.63) is 35.7 Å². The molecule has 5 nitrogen and oxygen atoms in total. The number of amides is 1. The first-order valence-electron chi connectivity index (χ1n) is 6.69. The van der Waals surface area contributed by atoms with Crippen LogP contribution >= 0.6 is 0 Å². The average Bonchev–Trinajstić information content (AvgIpc) is 2.88. The molecule has 1 heterocycles. The number of carbonyl (C=O) groups is 1. The zero-order valence-electron chi connectivity index (χ0n) is 12.2. The minimum absolute atomic E-state index is 0.0341. The van der Waals surface area contributed by atoms with E-state index >= 15 is 0 Å². The van der Waals surface area contributed by atoms with Gasteiger partial charge in [0.15, 0.2) is 0 Å². The summed E-state index contributed by atoms with van der Waals surface area (Å²) < 4.78 is 5.24. The summed E-state index contributed by atoms with van der Waals surface area (Å²) in [5, 5.41) is 6.82. The summed E-state index contributed by atoms with van der Waals surface area (Å²) in [6.07, 6.45) is 0. The van der Waals surface area contributed by atoms with Gasteiger partial charge < -0.3 is 9.84 Å². The van der Waals surface area contributed by atoms with Gasteiger partial charge in [-0.2, -0.15) is 4.98 Å². The fourth-order valence-corrected chi connectivity index (χ4v) is 1.79. The summed E-state index contributed by atoms with van der Waals surface area (Å²) >= 11 is 0. The van der Waals surface area contributed by atoms with Gasteiger partial charge in [0, 0.05) is 11.5 Å². The number of benzene rings is 1. The number of nitrogens with one attached hydrogen (secondary N) is 1. The molecule has 0 spiro atoms. The molecule has 1 amide bonds. The lowest BCUT2D eigenvalue weighted by molar-refractivity contribution is -0.124. The first-order valence-corrected chi connectivity index (χ1v) is 6.69. The molecule has 0 saturated heterocycles. The highest BCUT2D eigenvalue weighted by atomic mass is 16.5. The molecule has 0 aliphatic carbocycles. The van der Waals surface area contributed by atoms with E-state index < -0.39 is 0 Å². The number of hydrogen-bond acceptors (Lipinski definition) is 4. The van der Waals surface area contributed by atoms with Crippen LogP contribution in [0.2, 0.25) is 0 Å². The van der Waals surface area contributed by atoms with Gasteiger partial charge in [0.2, 0.25) is 17.6 Å². The Morgan fingerprint density at radius 1 is 1.25 bits per heavy atom. The van der Waals surface area contributed by atoms with E-state index in [9.17, 15) is 4.79 Å². The molecule has 0 aliphatic heterocycles. The highest BCUT2D eigenvalue weighted by molar-refractivity contribution is 5.78. The van der Waals surface area contributed by atoms with E-state index in [1.807, 2.05) is 52.0 Å². The third kappa shape index (κ3) is 3.04. The summed E-state index contributed by atoms with van der Waals surface area (Å²) in [7, 11) is 0. The van der Waals surface area contributed by atoms with Crippen molar-refractivity contribution in [3.8, 4) is 11.4 Å². The van der Waals surface area contributed by atoms with Gasteiger partial charge in [-0.3, -0.25) is 4.79 Å². The molecular formula is C15H19N3O2. The summed E-state index contributed by atoms with van der Waals surface area (Å²) in [4.78, 5) is 16.0. The molecule has 0 unspecified atom stereocenters. The Morgan fingerprint density at radius 2 is 1.95 bits per heavy atom. The minimum Gasteiger partial charge on any atom is -0.344 e. The third-order valence-electron chi connectivity index (χ3n) is 3.08. The summed E-state index contributed by atoms with van der Waals surface area (Å²) in [5.41, 5.74) is 2.02. The smallest absolute Gasteiger partial charge is 0.249 e. The van der Waals surface area contributed by atoms with Crippen LogP contribution in [0.15, 0.2) is 28.8 Å². The Labute approximate surface area is 118 Å². The Kier molecular flexibility index (Phi) is 4.17. The van der Waals surface area contributed by atoms with Crippen LogP contribution in [0.4, 0.5) is 0 Å². The Bertz CT molecular complexity index is 605. The van der Waals surface area contributed by atoms with E-state index in [4.69, 9.17) is 4.52 Å². The maximum atomic E-state index is 11.7. The van der Waals surface area contributed by atoms with Gasteiger partial charge >= 0.3 is 0 Å². The van der Waals surface area contributed by atoms with Crippen molar-refractivity contribution in [1.82, 2.24) is 15.5 Å². The first kappa shape index (κ1) is 14.2. The normalized spacial score (nSPS) is 12.4. The van der Waals surface area contributed by atoms with E-state index in [-0.39, 0.29) is 17.9 Å². The van der Waals surface area contributed by atoms with Gasteiger partial charge in [0.05, 0.1) is 0 Å². The zero-order valence-corrected chi connectivity index (χ0v) is 12.2. The number of nitrogens with zero attached hydrogens (tertiary/aromatic N) is 2. The van der Waals surface area contributed by atoms with Crippen molar-refractivity contribution in [2.24, 2.45) is 5.92 Å². The predicted molar refractivity (Wildman–Crippen MR) is 75.9 cm³/mol. The van der Waals surface area contributed by atoms with Gasteiger partial charge in [0.1, 0.15) is 6.04 Å².